The largest absolute Gasteiger partial charge is 0.480 e. The average Bonchev–Trinajstić information content (AvgIpc) is 2.53. The third-order valence-electron chi connectivity index (χ3n) is 3.47. The first-order valence-electron chi connectivity index (χ1n) is 7.02. The van der Waals surface area contributed by atoms with E-state index < -0.39 is 39.6 Å². The van der Waals surface area contributed by atoms with Crippen LogP contribution in [0.4, 0.5) is 4.39 Å². The van der Waals surface area contributed by atoms with Crippen LogP contribution < -0.4 is 0 Å². The summed E-state index contributed by atoms with van der Waals surface area (Å²) in [7, 11) is -5.24. The maximum absolute atomic E-state index is 14.3. The van der Waals surface area contributed by atoms with E-state index in [2.05, 4.69) is 0 Å². The van der Waals surface area contributed by atoms with E-state index >= 15 is 0 Å². The van der Waals surface area contributed by atoms with Gasteiger partial charge in [-0.05, 0) is 24.1 Å². The van der Waals surface area contributed by atoms with E-state index in [-0.39, 0.29) is 9.87 Å². The van der Waals surface area contributed by atoms with Gasteiger partial charge in [-0.1, -0.05) is 42.5 Å². The molecule has 9 heteroatoms. The van der Waals surface area contributed by atoms with Crippen LogP contribution in [-0.4, -0.2) is 40.3 Å². The predicted octanol–water partition coefficient (Wildman–Crippen LogP) is 2.21. The summed E-state index contributed by atoms with van der Waals surface area (Å²) in [5.41, 5.74) is -0.167. The van der Waals surface area contributed by atoms with Crippen LogP contribution in [0.1, 0.15) is 17.3 Å². The van der Waals surface area contributed by atoms with Gasteiger partial charge in [0.05, 0.1) is 5.56 Å². The van der Waals surface area contributed by atoms with Gasteiger partial charge in [0, 0.05) is 0 Å². The van der Waals surface area contributed by atoms with Crippen molar-refractivity contribution >= 4 is 22.2 Å². The number of hydrogen-bond acceptors (Lipinski definition) is 4. The fourth-order valence-electron chi connectivity index (χ4n) is 2.29. The van der Waals surface area contributed by atoms with Crippen LogP contribution in [0.15, 0.2) is 48.5 Å². The van der Waals surface area contributed by atoms with Gasteiger partial charge in [0.2, 0.25) is 0 Å². The number of carboxylic acid groups (broad SMARTS) is 1. The summed E-state index contributed by atoms with van der Waals surface area (Å²) in [6.07, 6.45) is 0. The Morgan fingerprint density at radius 2 is 1.68 bits per heavy atom. The fraction of sp³-hybridized carbons (Fsp3) is 0.125. The van der Waals surface area contributed by atoms with Crippen molar-refractivity contribution in [3.8, 4) is 11.1 Å². The van der Waals surface area contributed by atoms with Crippen LogP contribution in [0.3, 0.4) is 0 Å². The number of carbonyl (C=O) groups excluding carboxylic acids is 1. The lowest BCUT2D eigenvalue weighted by molar-refractivity contribution is -0.140. The van der Waals surface area contributed by atoms with Crippen LogP contribution in [-0.2, 0) is 15.1 Å². The molecule has 0 spiro atoms. The standard InChI is InChI=1S/C16H14FNO6S/c1-10(16(20)21)18(25(22,23)24)15(19)14-12(8-5-9-13(14)17)11-6-3-2-4-7-11/h2-10H,1H3,(H,20,21)(H,22,23,24)/t10-/m0/s1. The van der Waals surface area contributed by atoms with Crippen molar-refractivity contribution in [1.29, 1.82) is 0 Å². The summed E-state index contributed by atoms with van der Waals surface area (Å²) < 4.78 is 46.4. The van der Waals surface area contributed by atoms with Gasteiger partial charge in [0.25, 0.3) is 5.91 Å². The molecule has 0 saturated carbocycles. The number of aliphatic carboxylic acids is 1. The van der Waals surface area contributed by atoms with E-state index in [4.69, 9.17) is 5.11 Å². The molecule has 0 aliphatic rings. The molecule has 2 aromatic rings. The zero-order valence-corrected chi connectivity index (χ0v) is 13.8. The maximum atomic E-state index is 14.3. The van der Waals surface area contributed by atoms with Crippen LogP contribution in [0.25, 0.3) is 11.1 Å². The second-order valence-electron chi connectivity index (χ2n) is 5.12. The van der Waals surface area contributed by atoms with E-state index in [1.807, 2.05) is 0 Å². The minimum Gasteiger partial charge on any atom is -0.480 e. The fourth-order valence-corrected chi connectivity index (χ4v) is 3.08. The Hall–Kier alpha value is -2.78. The van der Waals surface area contributed by atoms with E-state index in [0.29, 0.717) is 5.56 Å². The highest BCUT2D eigenvalue weighted by molar-refractivity contribution is 7.84. The van der Waals surface area contributed by atoms with Gasteiger partial charge >= 0.3 is 16.3 Å². The highest BCUT2D eigenvalue weighted by Gasteiger charge is 2.37. The van der Waals surface area contributed by atoms with E-state index in [1.165, 1.54) is 12.1 Å². The lowest BCUT2D eigenvalue weighted by Crippen LogP contribution is -2.47. The minimum atomic E-state index is -5.24. The molecule has 0 radical (unpaired) electrons. The topological polar surface area (TPSA) is 112 Å². The lowest BCUT2D eigenvalue weighted by atomic mass is 9.98. The first-order valence-corrected chi connectivity index (χ1v) is 8.42. The van der Waals surface area contributed by atoms with Crippen molar-refractivity contribution in [3.63, 3.8) is 0 Å². The summed E-state index contributed by atoms with van der Waals surface area (Å²) >= 11 is 0. The molecule has 7 nitrogen and oxygen atoms in total. The number of rotatable bonds is 5. The average molecular weight is 367 g/mol. The van der Waals surface area contributed by atoms with Crippen LogP contribution in [0.5, 0.6) is 0 Å². The number of halogens is 1. The second kappa shape index (κ2) is 6.99. The van der Waals surface area contributed by atoms with Crippen LogP contribution in [0.2, 0.25) is 0 Å². The Bertz CT molecular complexity index is 913. The number of hydrogen-bond donors (Lipinski definition) is 2. The number of amides is 1. The number of carbonyl (C=O) groups is 2. The van der Waals surface area contributed by atoms with Crippen molar-refractivity contribution < 1.29 is 32.1 Å². The summed E-state index contributed by atoms with van der Waals surface area (Å²) in [6.45, 7) is 0.886. The molecule has 2 aromatic carbocycles. The van der Waals surface area contributed by atoms with Gasteiger partial charge in [0.1, 0.15) is 11.9 Å². The first kappa shape index (κ1) is 18.6. The van der Waals surface area contributed by atoms with Crippen molar-refractivity contribution in [2.75, 3.05) is 0 Å². The predicted molar refractivity (Wildman–Crippen MR) is 86.7 cm³/mol. The molecule has 0 aliphatic heterocycles. The molecule has 0 unspecified atom stereocenters. The second-order valence-corrected chi connectivity index (χ2v) is 6.41. The summed E-state index contributed by atoms with van der Waals surface area (Å²) in [4.78, 5) is 23.7. The molecular formula is C16H14FNO6S. The van der Waals surface area contributed by atoms with Gasteiger partial charge in [-0.25, -0.2) is 9.18 Å². The minimum absolute atomic E-state index is 0.0665. The van der Waals surface area contributed by atoms with Crippen LogP contribution in [0, 0.1) is 5.82 Å². The third-order valence-corrected chi connectivity index (χ3v) is 4.45. The van der Waals surface area contributed by atoms with Crippen molar-refractivity contribution in [3.05, 3.63) is 59.9 Å². The normalized spacial score (nSPS) is 12.4. The van der Waals surface area contributed by atoms with Crippen LogP contribution >= 0.6 is 0 Å². The number of carboxylic acids is 1. The molecule has 0 heterocycles. The number of nitrogens with zero attached hydrogens (tertiary/aromatic N) is 1. The Labute approximate surface area is 143 Å². The molecule has 1 atom stereocenters. The van der Waals surface area contributed by atoms with E-state index in [9.17, 15) is 27.0 Å². The third kappa shape index (κ3) is 3.83. The maximum Gasteiger partial charge on any atom is 0.363 e. The first-order chi connectivity index (χ1) is 11.6. The molecule has 0 aliphatic carbocycles. The summed E-state index contributed by atoms with van der Waals surface area (Å²) in [5.74, 6) is -4.20. The molecule has 2 N–H and O–H groups in total. The highest BCUT2D eigenvalue weighted by atomic mass is 32.2. The smallest absolute Gasteiger partial charge is 0.363 e. The molecule has 0 fully saturated rings. The Kier molecular flexibility index (Phi) is 5.19. The molecule has 0 saturated heterocycles. The Morgan fingerprint density at radius 3 is 2.20 bits per heavy atom. The SMILES string of the molecule is C[C@@H](C(=O)O)N(C(=O)c1c(F)cccc1-c1ccccc1)S(=O)(=O)O. The van der Waals surface area contributed by atoms with Crippen molar-refractivity contribution in [1.82, 2.24) is 4.31 Å². The molecular weight excluding hydrogens is 353 g/mol. The zero-order valence-electron chi connectivity index (χ0n) is 13.0. The molecule has 0 bridgehead atoms. The highest BCUT2D eigenvalue weighted by Crippen LogP contribution is 2.28. The quantitative estimate of drug-likeness (QED) is 0.784. The van der Waals surface area contributed by atoms with Gasteiger partial charge in [0.15, 0.2) is 0 Å². The Morgan fingerprint density at radius 1 is 1.08 bits per heavy atom. The summed E-state index contributed by atoms with van der Waals surface area (Å²) in [6, 6.07) is 9.84. The Balaban J connectivity index is 2.68. The molecule has 132 valence electrons. The molecule has 25 heavy (non-hydrogen) atoms. The number of benzene rings is 2. The lowest BCUT2D eigenvalue weighted by Gasteiger charge is -2.24. The van der Waals surface area contributed by atoms with Gasteiger partial charge in [-0.15, -0.1) is 0 Å². The molecule has 1 amide bonds. The molecule has 0 aromatic heterocycles. The summed E-state index contributed by atoms with van der Waals surface area (Å²) in [5, 5.41) is 9.00. The van der Waals surface area contributed by atoms with Crippen molar-refractivity contribution in [2.24, 2.45) is 0 Å². The van der Waals surface area contributed by atoms with E-state index in [1.54, 1.807) is 30.3 Å². The van der Waals surface area contributed by atoms with Crippen molar-refractivity contribution in [2.45, 2.75) is 13.0 Å². The monoisotopic (exact) mass is 367 g/mol. The zero-order chi connectivity index (χ0) is 18.8. The molecule has 2 rings (SSSR count). The van der Waals surface area contributed by atoms with Gasteiger partial charge in [-0.3, -0.25) is 9.35 Å². The van der Waals surface area contributed by atoms with Gasteiger partial charge in [-0.2, -0.15) is 12.7 Å². The van der Waals surface area contributed by atoms with E-state index in [0.717, 1.165) is 13.0 Å². The van der Waals surface area contributed by atoms with Gasteiger partial charge < -0.3 is 5.11 Å².